The molecule has 8 heteroatoms. The fraction of sp³-hybridized carbons (Fsp3) is 0.611. The second-order valence-corrected chi connectivity index (χ2v) is 7.05. The van der Waals surface area contributed by atoms with Crippen molar-refractivity contribution in [1.29, 1.82) is 0 Å². The highest BCUT2D eigenvalue weighted by molar-refractivity contribution is 5.80. The summed E-state index contributed by atoms with van der Waals surface area (Å²) in [4.78, 5) is 4.47. The molecule has 0 radical (unpaired) electrons. The van der Waals surface area contributed by atoms with Gasteiger partial charge in [-0.25, -0.2) is 4.98 Å². The molecule has 2 aliphatic heterocycles. The number of aliphatic hydroxyl groups excluding tert-OH is 1. The number of methoxy groups -OCH3 is 2. The smallest absolute Gasteiger partial charge is 0.181 e. The van der Waals surface area contributed by atoms with E-state index in [0.717, 1.165) is 11.0 Å². The minimum atomic E-state index is -0.672. The molecule has 3 heterocycles. The van der Waals surface area contributed by atoms with Crippen LogP contribution >= 0.6 is 0 Å². The third-order valence-corrected chi connectivity index (χ3v) is 5.06. The van der Waals surface area contributed by atoms with Crippen LogP contribution in [0.5, 0.6) is 11.5 Å². The number of rotatable bonds is 5. The molecule has 0 amide bonds. The van der Waals surface area contributed by atoms with Gasteiger partial charge in [-0.15, -0.1) is 0 Å². The third kappa shape index (κ3) is 2.73. The zero-order valence-electron chi connectivity index (χ0n) is 15.4. The van der Waals surface area contributed by atoms with Crippen molar-refractivity contribution in [3.05, 3.63) is 18.5 Å². The van der Waals surface area contributed by atoms with Gasteiger partial charge in [0.2, 0.25) is 0 Å². The molecule has 1 aromatic carbocycles. The summed E-state index contributed by atoms with van der Waals surface area (Å²) in [5, 5.41) is 14.5. The fourth-order valence-electron chi connectivity index (χ4n) is 3.88. The van der Waals surface area contributed by atoms with Crippen LogP contribution in [-0.2, 0) is 9.47 Å². The van der Waals surface area contributed by atoms with Crippen molar-refractivity contribution in [2.24, 2.45) is 0 Å². The van der Waals surface area contributed by atoms with Crippen molar-refractivity contribution >= 4 is 11.0 Å². The van der Waals surface area contributed by atoms with Gasteiger partial charge in [0.05, 0.1) is 50.3 Å². The standard InChI is InChI=1S/C18H25N3O5/c1-9(2)20-15-14-7-25-18(26-14)16(17(15)22)21-8-19-10-5-12(23-3)13(24-4)6-11(10)21/h5-6,8-9,14-18,20,22H,7H2,1-4H3/t14-,15-,16-,17+,18-/m1/s1. The molecule has 2 aliphatic rings. The molecule has 2 N–H and O–H groups in total. The van der Waals surface area contributed by atoms with Crippen LogP contribution in [-0.4, -0.2) is 66.1 Å². The molecule has 2 fully saturated rings. The summed E-state index contributed by atoms with van der Waals surface area (Å²) in [6.07, 6.45) is 0.368. The first-order chi connectivity index (χ1) is 12.5. The summed E-state index contributed by atoms with van der Waals surface area (Å²) in [5.74, 6) is 1.22. The van der Waals surface area contributed by atoms with Crippen LogP contribution in [0.3, 0.4) is 0 Å². The molecular weight excluding hydrogens is 338 g/mol. The van der Waals surface area contributed by atoms with Gasteiger partial charge in [-0.3, -0.25) is 0 Å². The average Bonchev–Trinajstić information content (AvgIpc) is 3.23. The van der Waals surface area contributed by atoms with Crippen molar-refractivity contribution in [3.63, 3.8) is 0 Å². The summed E-state index contributed by atoms with van der Waals surface area (Å²) >= 11 is 0. The second kappa shape index (κ2) is 6.70. The van der Waals surface area contributed by atoms with E-state index in [9.17, 15) is 5.11 Å². The van der Waals surface area contributed by atoms with E-state index in [4.69, 9.17) is 18.9 Å². The van der Waals surface area contributed by atoms with E-state index in [2.05, 4.69) is 10.3 Å². The van der Waals surface area contributed by atoms with Crippen molar-refractivity contribution in [2.45, 2.75) is 50.5 Å². The summed E-state index contributed by atoms with van der Waals surface area (Å²) in [6, 6.07) is 3.28. The Morgan fingerprint density at radius 2 is 2.00 bits per heavy atom. The maximum atomic E-state index is 11.1. The molecular formula is C18H25N3O5. The first-order valence-corrected chi connectivity index (χ1v) is 8.83. The van der Waals surface area contributed by atoms with Gasteiger partial charge in [-0.2, -0.15) is 0 Å². The predicted octanol–water partition coefficient (Wildman–Crippen LogP) is 1.08. The Hall–Kier alpha value is -1.87. The van der Waals surface area contributed by atoms with Crippen molar-refractivity contribution < 1.29 is 24.1 Å². The Labute approximate surface area is 152 Å². The first kappa shape index (κ1) is 17.5. The van der Waals surface area contributed by atoms with Gasteiger partial charge in [0.15, 0.2) is 17.8 Å². The predicted molar refractivity (Wildman–Crippen MR) is 94.6 cm³/mol. The largest absolute Gasteiger partial charge is 0.493 e. The number of aliphatic hydroxyl groups is 1. The normalized spacial score (nSPS) is 30.9. The van der Waals surface area contributed by atoms with Crippen LogP contribution < -0.4 is 14.8 Å². The number of aromatic nitrogens is 2. The molecule has 26 heavy (non-hydrogen) atoms. The van der Waals surface area contributed by atoms with Crippen molar-refractivity contribution in [1.82, 2.24) is 14.9 Å². The van der Waals surface area contributed by atoms with Gasteiger partial charge in [0, 0.05) is 18.2 Å². The lowest BCUT2D eigenvalue weighted by atomic mass is 9.95. The molecule has 8 nitrogen and oxygen atoms in total. The van der Waals surface area contributed by atoms with Gasteiger partial charge >= 0.3 is 0 Å². The molecule has 0 unspecified atom stereocenters. The summed E-state index contributed by atoms with van der Waals surface area (Å²) < 4.78 is 24.5. The van der Waals surface area contributed by atoms with E-state index >= 15 is 0 Å². The minimum Gasteiger partial charge on any atom is -0.493 e. The summed E-state index contributed by atoms with van der Waals surface area (Å²) in [5.41, 5.74) is 1.58. The molecule has 4 rings (SSSR count). The number of nitrogens with one attached hydrogen (secondary N) is 1. The molecule has 0 aliphatic carbocycles. The number of nitrogens with zero attached hydrogens (tertiary/aromatic N) is 2. The summed E-state index contributed by atoms with van der Waals surface area (Å²) in [7, 11) is 3.18. The molecule has 2 bridgehead atoms. The van der Waals surface area contributed by atoms with E-state index in [-0.39, 0.29) is 18.2 Å². The lowest BCUT2D eigenvalue weighted by molar-refractivity contribution is -0.165. The van der Waals surface area contributed by atoms with Gasteiger partial charge < -0.3 is 33.9 Å². The van der Waals surface area contributed by atoms with Gasteiger partial charge in [-0.1, -0.05) is 13.8 Å². The van der Waals surface area contributed by atoms with E-state index in [1.807, 2.05) is 30.5 Å². The van der Waals surface area contributed by atoms with Gasteiger partial charge in [-0.05, 0) is 0 Å². The molecule has 142 valence electrons. The molecule has 1 aromatic heterocycles. The van der Waals surface area contributed by atoms with Crippen LogP contribution in [0.1, 0.15) is 19.9 Å². The van der Waals surface area contributed by atoms with Gasteiger partial charge in [0.25, 0.3) is 0 Å². The topological polar surface area (TPSA) is 87.0 Å². The Morgan fingerprint density at radius 3 is 2.69 bits per heavy atom. The third-order valence-electron chi connectivity index (χ3n) is 5.06. The number of hydrogen-bond acceptors (Lipinski definition) is 7. The van der Waals surface area contributed by atoms with Crippen LogP contribution in [0.25, 0.3) is 11.0 Å². The number of benzene rings is 1. The first-order valence-electron chi connectivity index (χ1n) is 8.83. The quantitative estimate of drug-likeness (QED) is 0.822. The van der Waals surface area contributed by atoms with Crippen molar-refractivity contribution in [2.75, 3.05) is 20.8 Å². The van der Waals surface area contributed by atoms with E-state index in [1.165, 1.54) is 0 Å². The Balaban J connectivity index is 1.76. The van der Waals surface area contributed by atoms with Gasteiger partial charge in [0.1, 0.15) is 12.1 Å². The number of fused-ring (bicyclic) bond motifs is 3. The Bertz CT molecular complexity index is 792. The van der Waals surface area contributed by atoms with Crippen LogP contribution in [0.4, 0.5) is 0 Å². The number of hydrogen-bond donors (Lipinski definition) is 2. The van der Waals surface area contributed by atoms with E-state index in [0.29, 0.717) is 18.1 Å². The highest BCUT2D eigenvalue weighted by Crippen LogP contribution is 2.39. The summed E-state index contributed by atoms with van der Waals surface area (Å²) in [6.45, 7) is 4.56. The lowest BCUT2D eigenvalue weighted by Gasteiger charge is -2.40. The second-order valence-electron chi connectivity index (χ2n) is 7.05. The SMILES string of the molecule is COc1cc2ncn([C@H]3[C@@H]4OC[C@@H](O4)[C@@H](NC(C)C)[C@@H]3O)c2cc1OC. The molecule has 0 saturated carbocycles. The van der Waals surface area contributed by atoms with Crippen LogP contribution in [0, 0.1) is 0 Å². The van der Waals surface area contributed by atoms with Crippen molar-refractivity contribution in [3.8, 4) is 11.5 Å². The zero-order valence-corrected chi connectivity index (χ0v) is 15.4. The van der Waals surface area contributed by atoms with Crippen LogP contribution in [0.15, 0.2) is 18.5 Å². The average molecular weight is 363 g/mol. The molecule has 5 atom stereocenters. The number of imidazole rings is 1. The van der Waals surface area contributed by atoms with E-state index < -0.39 is 18.4 Å². The van der Waals surface area contributed by atoms with Crippen LogP contribution in [0.2, 0.25) is 0 Å². The maximum absolute atomic E-state index is 11.1. The lowest BCUT2D eigenvalue weighted by Crippen LogP contribution is -2.58. The minimum absolute atomic E-state index is 0.155. The monoisotopic (exact) mass is 363 g/mol. The maximum Gasteiger partial charge on any atom is 0.181 e. The molecule has 0 spiro atoms. The Kier molecular flexibility index (Phi) is 4.52. The zero-order chi connectivity index (χ0) is 18.4. The van der Waals surface area contributed by atoms with E-state index in [1.54, 1.807) is 20.5 Å². The molecule has 2 saturated heterocycles. The Morgan fingerprint density at radius 1 is 1.27 bits per heavy atom. The molecule has 2 aromatic rings. The number of ether oxygens (including phenoxy) is 4. The highest BCUT2D eigenvalue weighted by Gasteiger charge is 2.51. The fourth-order valence-corrected chi connectivity index (χ4v) is 3.88. The highest BCUT2D eigenvalue weighted by atomic mass is 16.7.